The lowest BCUT2D eigenvalue weighted by Gasteiger charge is -2.46. The second-order valence-electron chi connectivity index (χ2n) is 12.8. The molecule has 1 aliphatic carbocycles. The maximum Gasteiger partial charge on any atom is 0.187 e. The van der Waals surface area contributed by atoms with Crippen molar-refractivity contribution >= 4 is 9.84 Å². The Bertz CT molecular complexity index is 1160. The number of aliphatic hydroxyl groups is 6. The molecular formula is C28H54N6O14S. The van der Waals surface area contributed by atoms with Crippen molar-refractivity contribution in [3.8, 4) is 0 Å². The highest BCUT2D eigenvalue weighted by Crippen LogP contribution is 2.36. The zero-order valence-corrected chi connectivity index (χ0v) is 27.9. The van der Waals surface area contributed by atoms with Gasteiger partial charge in [-0.25, -0.2) is 8.42 Å². The van der Waals surface area contributed by atoms with E-state index in [1.807, 2.05) is 0 Å². The number of sulfone groups is 1. The standard InChI is InChI=1S/C28H54N6O14S/c29-3-6-49(41,42)11-12-7-15(32)23(46-26-14(31)2-1-13(43-26)9-34-4-5-35)25(19(12)37)48-28-22(40)24(17(10-36)45-28)47-27-18(33)21(39)20(38)16(8-30)44-27/h1-2,12-28,34-40H,3-11,29-33H2/t12-,13-,14+,15-,16-,17+,18+,19-,20+,21+,22+,23+,24+,25+,26+,27+,28-/m0/s1. The fraction of sp³-hybridized carbons (Fsp3) is 0.929. The first-order valence-electron chi connectivity index (χ1n) is 16.4. The van der Waals surface area contributed by atoms with Gasteiger partial charge in [-0.05, 0) is 6.42 Å². The van der Waals surface area contributed by atoms with Gasteiger partial charge in [-0.1, -0.05) is 12.2 Å². The molecule has 4 aliphatic rings. The van der Waals surface area contributed by atoms with Gasteiger partial charge in [0.1, 0.15) is 48.8 Å². The van der Waals surface area contributed by atoms with E-state index in [1.165, 1.54) is 0 Å². The highest BCUT2D eigenvalue weighted by molar-refractivity contribution is 7.91. The van der Waals surface area contributed by atoms with E-state index in [0.29, 0.717) is 13.1 Å². The maximum absolute atomic E-state index is 12.7. The lowest BCUT2D eigenvalue weighted by molar-refractivity contribution is -0.285. The molecule has 3 heterocycles. The summed E-state index contributed by atoms with van der Waals surface area (Å²) in [6.45, 7) is -0.407. The zero-order valence-electron chi connectivity index (χ0n) is 27.1. The monoisotopic (exact) mass is 730 g/mol. The molecule has 0 bridgehead atoms. The maximum atomic E-state index is 12.7. The molecular weight excluding hydrogens is 676 g/mol. The van der Waals surface area contributed by atoms with Gasteiger partial charge in [-0.3, -0.25) is 0 Å². The Hall–Kier alpha value is -1.03. The van der Waals surface area contributed by atoms with Gasteiger partial charge < -0.3 is 93.0 Å². The van der Waals surface area contributed by atoms with Crippen molar-refractivity contribution in [1.82, 2.24) is 5.32 Å². The van der Waals surface area contributed by atoms with E-state index in [9.17, 15) is 34.0 Å². The summed E-state index contributed by atoms with van der Waals surface area (Å²) in [7, 11) is -3.70. The quantitative estimate of drug-likeness (QED) is 0.0518. The zero-order chi connectivity index (χ0) is 36.0. The van der Waals surface area contributed by atoms with Crippen molar-refractivity contribution in [2.24, 2.45) is 34.6 Å². The van der Waals surface area contributed by atoms with Crippen LogP contribution in [0.4, 0.5) is 0 Å². The largest absolute Gasteiger partial charge is 0.395 e. The van der Waals surface area contributed by atoms with Crippen molar-refractivity contribution in [1.29, 1.82) is 0 Å². The molecule has 17 N–H and O–H groups in total. The molecule has 2 saturated heterocycles. The van der Waals surface area contributed by atoms with Gasteiger partial charge in [0, 0.05) is 38.1 Å². The van der Waals surface area contributed by atoms with Crippen molar-refractivity contribution in [3.05, 3.63) is 12.2 Å². The Morgan fingerprint density at radius 1 is 0.796 bits per heavy atom. The van der Waals surface area contributed by atoms with Gasteiger partial charge in [0.25, 0.3) is 0 Å². The SMILES string of the molecule is NCCS(=O)(=O)C[C@@H]1C[C@H](N)[C@@H](O[C@H]2O[C@H](CNCCO)C=C[C@H]2N)[C@H](O[C@@H]2O[C@H](CO)[C@@H](O[C@H]3O[C@@H](CN)[C@@H](O)[C@H](O)[C@H]3N)[C@H]2O)[C@H]1O. The average Bonchev–Trinajstić information content (AvgIpc) is 3.35. The van der Waals surface area contributed by atoms with E-state index in [-0.39, 0.29) is 31.9 Å². The summed E-state index contributed by atoms with van der Waals surface area (Å²) in [5, 5.41) is 65.7. The Morgan fingerprint density at radius 2 is 1.47 bits per heavy atom. The molecule has 286 valence electrons. The number of nitrogens with one attached hydrogen (secondary N) is 1. The molecule has 21 heteroatoms. The molecule has 0 aromatic carbocycles. The van der Waals surface area contributed by atoms with Gasteiger partial charge in [0.2, 0.25) is 0 Å². The third kappa shape index (κ3) is 9.90. The third-order valence-corrected chi connectivity index (χ3v) is 11.0. The first kappa shape index (κ1) is 40.7. The van der Waals surface area contributed by atoms with Crippen LogP contribution in [-0.4, -0.2) is 188 Å². The van der Waals surface area contributed by atoms with Gasteiger partial charge in [-0.2, -0.15) is 0 Å². The van der Waals surface area contributed by atoms with Crippen LogP contribution in [0.1, 0.15) is 6.42 Å². The molecule has 0 unspecified atom stereocenters. The summed E-state index contributed by atoms with van der Waals surface area (Å²) in [6, 6.07) is -2.96. The fourth-order valence-electron chi connectivity index (χ4n) is 6.50. The average molecular weight is 731 g/mol. The number of rotatable bonds is 16. The highest BCUT2D eigenvalue weighted by atomic mass is 32.2. The molecule has 17 atom stereocenters. The van der Waals surface area contributed by atoms with Crippen LogP contribution in [0.25, 0.3) is 0 Å². The molecule has 3 aliphatic heterocycles. The summed E-state index contributed by atoms with van der Waals surface area (Å²) in [5.74, 6) is -1.70. The van der Waals surface area contributed by atoms with E-state index in [4.69, 9.17) is 62.2 Å². The number of nitrogens with two attached hydrogens (primary N) is 5. The van der Waals surface area contributed by atoms with E-state index in [1.54, 1.807) is 12.2 Å². The van der Waals surface area contributed by atoms with Crippen LogP contribution in [0.2, 0.25) is 0 Å². The number of hydrogen-bond acceptors (Lipinski definition) is 20. The minimum atomic E-state index is -3.70. The van der Waals surface area contributed by atoms with Crippen LogP contribution in [0.15, 0.2) is 12.2 Å². The van der Waals surface area contributed by atoms with Crippen LogP contribution >= 0.6 is 0 Å². The van der Waals surface area contributed by atoms with E-state index < -0.39 is 126 Å². The summed E-state index contributed by atoms with van der Waals surface area (Å²) in [4.78, 5) is 0. The second-order valence-corrected chi connectivity index (χ2v) is 15.1. The molecule has 3 fully saturated rings. The second kappa shape index (κ2) is 18.1. The minimum absolute atomic E-state index is 0.00124. The molecule has 1 saturated carbocycles. The van der Waals surface area contributed by atoms with Crippen LogP contribution in [0.5, 0.6) is 0 Å². The van der Waals surface area contributed by atoms with Crippen LogP contribution in [0, 0.1) is 5.92 Å². The summed E-state index contributed by atoms with van der Waals surface area (Å²) < 4.78 is 61.1. The topological polar surface area (TPSA) is 353 Å². The van der Waals surface area contributed by atoms with Crippen molar-refractivity contribution in [3.63, 3.8) is 0 Å². The van der Waals surface area contributed by atoms with Crippen molar-refractivity contribution in [2.45, 2.75) is 104 Å². The van der Waals surface area contributed by atoms with Crippen molar-refractivity contribution in [2.75, 3.05) is 50.9 Å². The molecule has 49 heavy (non-hydrogen) atoms. The first-order valence-corrected chi connectivity index (χ1v) is 18.2. The number of hydrogen-bond donors (Lipinski definition) is 12. The van der Waals surface area contributed by atoms with E-state index >= 15 is 0 Å². The Morgan fingerprint density at radius 3 is 2.12 bits per heavy atom. The van der Waals surface area contributed by atoms with Gasteiger partial charge >= 0.3 is 0 Å². The van der Waals surface area contributed by atoms with Gasteiger partial charge in [-0.15, -0.1) is 0 Å². The van der Waals surface area contributed by atoms with E-state index in [2.05, 4.69) is 5.32 Å². The molecule has 20 nitrogen and oxygen atoms in total. The molecule has 0 aromatic heterocycles. The lowest BCUT2D eigenvalue weighted by atomic mass is 9.80. The van der Waals surface area contributed by atoms with Crippen LogP contribution in [0.3, 0.4) is 0 Å². The first-order chi connectivity index (χ1) is 23.2. The normalized spacial score (nSPS) is 44.8. The fourth-order valence-corrected chi connectivity index (χ4v) is 8.01. The third-order valence-electron chi connectivity index (χ3n) is 9.17. The highest BCUT2D eigenvalue weighted by Gasteiger charge is 2.54. The molecule has 4 rings (SSSR count). The summed E-state index contributed by atoms with van der Waals surface area (Å²) >= 11 is 0. The molecule has 0 spiro atoms. The van der Waals surface area contributed by atoms with E-state index in [0.717, 1.165) is 0 Å². The number of ether oxygens (including phenoxy) is 6. The summed E-state index contributed by atoms with van der Waals surface area (Å²) in [5.41, 5.74) is 30.0. The lowest BCUT2D eigenvalue weighted by Crippen LogP contribution is -2.64. The predicted molar refractivity (Wildman–Crippen MR) is 170 cm³/mol. The van der Waals surface area contributed by atoms with Crippen molar-refractivity contribution < 1.29 is 67.5 Å². The molecule has 0 radical (unpaired) electrons. The minimum Gasteiger partial charge on any atom is -0.395 e. The van der Waals surface area contributed by atoms with Gasteiger partial charge in [0.15, 0.2) is 28.7 Å². The summed E-state index contributed by atoms with van der Waals surface area (Å²) in [6.07, 6.45) is -13.4. The molecule has 0 aromatic rings. The Kier molecular flexibility index (Phi) is 15.1. The van der Waals surface area contributed by atoms with Gasteiger partial charge in [0.05, 0.1) is 49.0 Å². The molecule has 0 amide bonds. The van der Waals surface area contributed by atoms with Crippen LogP contribution in [-0.2, 0) is 38.3 Å². The Labute approximate surface area is 284 Å². The van der Waals surface area contributed by atoms with Crippen LogP contribution < -0.4 is 34.0 Å². The Balaban J connectivity index is 1.55. The predicted octanol–water partition coefficient (Wildman–Crippen LogP) is -7.78. The smallest absolute Gasteiger partial charge is 0.187 e. The number of aliphatic hydroxyl groups excluding tert-OH is 6.